The molecule has 3 heterocycles. The van der Waals surface area contributed by atoms with Gasteiger partial charge < -0.3 is 4.98 Å². The predicted molar refractivity (Wildman–Crippen MR) is 97.3 cm³/mol. The van der Waals surface area contributed by atoms with Crippen molar-refractivity contribution in [1.29, 1.82) is 0 Å². The standard InChI is InChI=1S/C20H16F4N4O/c21-15-7-12(6-14(8-15)20(22,23)24)10-28-5-3-16-17(11-28)26-18(27-19(16)29)13-2-1-4-25-9-13/h1-2,4,6-9H,3,5,10-11H2,(H,26,27,29). The van der Waals surface area contributed by atoms with Crippen molar-refractivity contribution in [2.24, 2.45) is 0 Å². The molecule has 0 fully saturated rings. The van der Waals surface area contributed by atoms with Crippen LogP contribution in [0.1, 0.15) is 22.4 Å². The normalized spacial score (nSPS) is 14.6. The number of hydrogen-bond acceptors (Lipinski definition) is 4. The molecule has 1 aliphatic heterocycles. The molecule has 2 aromatic heterocycles. The van der Waals surface area contributed by atoms with Crippen LogP contribution in [0, 0.1) is 5.82 Å². The molecule has 4 rings (SSSR count). The van der Waals surface area contributed by atoms with Gasteiger partial charge in [0.1, 0.15) is 11.6 Å². The predicted octanol–water partition coefficient (Wildman–Crippen LogP) is 3.55. The molecule has 1 aromatic carbocycles. The number of rotatable bonds is 3. The van der Waals surface area contributed by atoms with E-state index in [1.54, 1.807) is 24.5 Å². The van der Waals surface area contributed by atoms with Crippen LogP contribution in [0.25, 0.3) is 11.4 Å². The van der Waals surface area contributed by atoms with Crippen LogP contribution in [-0.2, 0) is 25.7 Å². The SMILES string of the molecule is O=c1[nH]c(-c2cccnc2)nc2c1CCN(Cc1cc(F)cc(C(F)(F)F)c1)C2. The highest BCUT2D eigenvalue weighted by atomic mass is 19.4. The van der Waals surface area contributed by atoms with E-state index in [1.807, 2.05) is 4.90 Å². The lowest BCUT2D eigenvalue weighted by Crippen LogP contribution is -2.35. The topological polar surface area (TPSA) is 61.9 Å². The molecule has 0 atom stereocenters. The molecule has 3 aromatic rings. The van der Waals surface area contributed by atoms with Gasteiger partial charge in [-0.2, -0.15) is 13.2 Å². The summed E-state index contributed by atoms with van der Waals surface area (Å²) in [7, 11) is 0. The van der Waals surface area contributed by atoms with Gasteiger partial charge in [-0.1, -0.05) is 0 Å². The first-order valence-electron chi connectivity index (χ1n) is 8.91. The van der Waals surface area contributed by atoms with Gasteiger partial charge in [-0.3, -0.25) is 14.7 Å². The molecule has 0 radical (unpaired) electrons. The summed E-state index contributed by atoms with van der Waals surface area (Å²) in [6, 6.07) is 6.02. The first kappa shape index (κ1) is 19.3. The molecule has 9 heteroatoms. The average Bonchev–Trinajstić information content (AvgIpc) is 2.67. The van der Waals surface area contributed by atoms with Crippen molar-refractivity contribution in [3.05, 3.63) is 81.3 Å². The minimum Gasteiger partial charge on any atom is -0.306 e. The number of aromatic amines is 1. The molecule has 29 heavy (non-hydrogen) atoms. The Hall–Kier alpha value is -3.07. The molecule has 0 saturated carbocycles. The van der Waals surface area contributed by atoms with Crippen LogP contribution in [0.2, 0.25) is 0 Å². The first-order valence-corrected chi connectivity index (χ1v) is 8.91. The lowest BCUT2D eigenvalue weighted by atomic mass is 10.0. The van der Waals surface area contributed by atoms with Gasteiger partial charge in [-0.25, -0.2) is 9.37 Å². The molecule has 0 bridgehead atoms. The van der Waals surface area contributed by atoms with Crippen LogP contribution in [0.15, 0.2) is 47.5 Å². The van der Waals surface area contributed by atoms with E-state index in [2.05, 4.69) is 15.0 Å². The van der Waals surface area contributed by atoms with Crippen LogP contribution in [0.3, 0.4) is 0 Å². The van der Waals surface area contributed by atoms with Crippen molar-refractivity contribution in [2.45, 2.75) is 25.7 Å². The van der Waals surface area contributed by atoms with Crippen molar-refractivity contribution in [1.82, 2.24) is 19.9 Å². The second-order valence-electron chi connectivity index (χ2n) is 6.89. The third kappa shape index (κ3) is 4.19. The molecular formula is C20H16F4N4O. The fraction of sp³-hybridized carbons (Fsp3) is 0.250. The zero-order chi connectivity index (χ0) is 20.6. The van der Waals surface area contributed by atoms with Crippen molar-refractivity contribution in [3.63, 3.8) is 0 Å². The Labute approximate surface area is 163 Å². The molecule has 150 valence electrons. The molecule has 1 aliphatic rings. The maximum atomic E-state index is 13.7. The quantitative estimate of drug-likeness (QED) is 0.679. The smallest absolute Gasteiger partial charge is 0.306 e. The van der Waals surface area contributed by atoms with Gasteiger partial charge in [0, 0.05) is 43.2 Å². The van der Waals surface area contributed by atoms with Crippen molar-refractivity contribution in [3.8, 4) is 11.4 Å². The summed E-state index contributed by atoms with van der Waals surface area (Å²) in [5.74, 6) is -0.547. The van der Waals surface area contributed by atoms with Crippen LogP contribution in [0.4, 0.5) is 17.6 Å². The molecule has 0 saturated heterocycles. The summed E-state index contributed by atoms with van der Waals surface area (Å²) >= 11 is 0. The highest BCUT2D eigenvalue weighted by Gasteiger charge is 2.31. The number of nitrogens with zero attached hydrogens (tertiary/aromatic N) is 3. The number of benzene rings is 1. The van der Waals surface area contributed by atoms with Crippen LogP contribution >= 0.6 is 0 Å². The summed E-state index contributed by atoms with van der Waals surface area (Å²) in [6.45, 7) is 0.864. The third-order valence-corrected chi connectivity index (χ3v) is 4.78. The number of hydrogen-bond donors (Lipinski definition) is 1. The third-order valence-electron chi connectivity index (χ3n) is 4.78. The number of halogens is 4. The summed E-state index contributed by atoms with van der Waals surface area (Å²) in [5, 5.41) is 0. The number of alkyl halides is 3. The van der Waals surface area contributed by atoms with Crippen molar-refractivity contribution in [2.75, 3.05) is 6.54 Å². The van der Waals surface area contributed by atoms with E-state index in [0.29, 0.717) is 41.7 Å². The number of fused-ring (bicyclic) bond motifs is 1. The van der Waals surface area contributed by atoms with E-state index >= 15 is 0 Å². The largest absolute Gasteiger partial charge is 0.416 e. The maximum Gasteiger partial charge on any atom is 0.416 e. The fourth-order valence-corrected chi connectivity index (χ4v) is 3.43. The van der Waals surface area contributed by atoms with Crippen molar-refractivity contribution >= 4 is 0 Å². The molecule has 0 spiro atoms. The highest BCUT2D eigenvalue weighted by Crippen LogP contribution is 2.31. The van der Waals surface area contributed by atoms with E-state index in [9.17, 15) is 22.4 Å². The fourth-order valence-electron chi connectivity index (χ4n) is 3.43. The Bertz CT molecular complexity index is 1100. The number of H-pyrrole nitrogens is 1. The Balaban J connectivity index is 1.60. The van der Waals surface area contributed by atoms with Gasteiger partial charge >= 0.3 is 6.18 Å². The van der Waals surface area contributed by atoms with E-state index in [0.717, 1.165) is 12.1 Å². The van der Waals surface area contributed by atoms with Gasteiger partial charge in [0.15, 0.2) is 0 Å². The van der Waals surface area contributed by atoms with Gasteiger partial charge in [0.25, 0.3) is 5.56 Å². The van der Waals surface area contributed by atoms with Crippen LogP contribution in [-0.4, -0.2) is 26.4 Å². The van der Waals surface area contributed by atoms with Gasteiger partial charge in [0.05, 0.1) is 11.3 Å². The van der Waals surface area contributed by atoms with Crippen LogP contribution in [0.5, 0.6) is 0 Å². The second-order valence-corrected chi connectivity index (χ2v) is 6.89. The summed E-state index contributed by atoms with van der Waals surface area (Å²) in [4.78, 5) is 25.5. The van der Waals surface area contributed by atoms with E-state index in [4.69, 9.17) is 0 Å². The monoisotopic (exact) mass is 404 g/mol. The van der Waals surface area contributed by atoms with Crippen LogP contribution < -0.4 is 5.56 Å². The molecule has 0 unspecified atom stereocenters. The summed E-state index contributed by atoms with van der Waals surface area (Å²) in [5.41, 5.74) is 0.745. The van der Waals surface area contributed by atoms with E-state index < -0.39 is 17.6 Å². The average molecular weight is 404 g/mol. The van der Waals surface area contributed by atoms with Gasteiger partial charge in [-0.15, -0.1) is 0 Å². The molecule has 1 N–H and O–H groups in total. The Morgan fingerprint density at radius 2 is 2.03 bits per heavy atom. The molecule has 0 aliphatic carbocycles. The number of pyridine rings is 1. The summed E-state index contributed by atoms with van der Waals surface area (Å²) < 4.78 is 52.5. The lowest BCUT2D eigenvalue weighted by molar-refractivity contribution is -0.137. The Morgan fingerprint density at radius 3 is 2.76 bits per heavy atom. The number of aromatic nitrogens is 3. The van der Waals surface area contributed by atoms with Gasteiger partial charge in [0.2, 0.25) is 0 Å². The van der Waals surface area contributed by atoms with Crippen molar-refractivity contribution < 1.29 is 17.6 Å². The molecular weight excluding hydrogens is 388 g/mol. The minimum absolute atomic E-state index is 0.122. The zero-order valence-corrected chi connectivity index (χ0v) is 15.1. The first-order chi connectivity index (χ1) is 13.8. The highest BCUT2D eigenvalue weighted by molar-refractivity contribution is 5.53. The lowest BCUT2D eigenvalue weighted by Gasteiger charge is -2.28. The maximum absolute atomic E-state index is 13.7. The second kappa shape index (κ2) is 7.40. The zero-order valence-electron chi connectivity index (χ0n) is 15.1. The minimum atomic E-state index is -4.61. The van der Waals surface area contributed by atoms with E-state index in [-0.39, 0.29) is 24.2 Å². The van der Waals surface area contributed by atoms with Gasteiger partial charge in [-0.05, 0) is 42.3 Å². The Kier molecular flexibility index (Phi) is 4.91. The molecule has 0 amide bonds. The summed E-state index contributed by atoms with van der Waals surface area (Å²) in [6.07, 6.45) is -1.02. The molecule has 5 nitrogen and oxygen atoms in total. The Morgan fingerprint density at radius 1 is 1.21 bits per heavy atom. The number of nitrogens with one attached hydrogen (secondary N) is 1. The van der Waals surface area contributed by atoms with E-state index in [1.165, 1.54) is 0 Å².